The van der Waals surface area contributed by atoms with Crippen molar-refractivity contribution in [1.82, 2.24) is 5.32 Å². The molecule has 1 N–H and O–H groups in total. The lowest BCUT2D eigenvalue weighted by Crippen LogP contribution is -2.43. The second kappa shape index (κ2) is 6.23. The van der Waals surface area contributed by atoms with Crippen LogP contribution in [-0.2, 0) is 0 Å². The second-order valence-electron chi connectivity index (χ2n) is 6.63. The third-order valence-electron chi connectivity index (χ3n) is 2.61. The standard InChI is InChI=1S/C15H23BrFNO/c1-14(2,3)18-9-15(4,5)10-19-13-7-6-11(16)8-12(13)17/h6-8,18H,9-10H2,1-5H3. The lowest BCUT2D eigenvalue weighted by molar-refractivity contribution is 0.161. The zero-order valence-corrected chi connectivity index (χ0v) is 13.9. The SMILES string of the molecule is CC(C)(CNC(C)(C)C)COc1ccc(Br)cc1F. The molecule has 0 aromatic heterocycles. The Morgan fingerprint density at radius 1 is 1.21 bits per heavy atom. The van der Waals surface area contributed by atoms with Crippen LogP contribution in [0.15, 0.2) is 22.7 Å². The largest absolute Gasteiger partial charge is 0.490 e. The molecule has 2 nitrogen and oxygen atoms in total. The lowest BCUT2D eigenvalue weighted by Gasteiger charge is -2.30. The van der Waals surface area contributed by atoms with Crippen molar-refractivity contribution in [3.8, 4) is 5.75 Å². The average Bonchev–Trinajstić information content (AvgIpc) is 2.25. The maximum Gasteiger partial charge on any atom is 0.166 e. The van der Waals surface area contributed by atoms with Crippen LogP contribution in [0.1, 0.15) is 34.6 Å². The molecule has 108 valence electrons. The van der Waals surface area contributed by atoms with E-state index in [1.807, 2.05) is 0 Å². The summed E-state index contributed by atoms with van der Waals surface area (Å²) in [5.41, 5.74) is 0.00687. The van der Waals surface area contributed by atoms with Crippen molar-refractivity contribution >= 4 is 15.9 Å². The monoisotopic (exact) mass is 331 g/mol. The molecule has 0 unspecified atom stereocenters. The first-order chi connectivity index (χ1) is 8.59. The van der Waals surface area contributed by atoms with Gasteiger partial charge in [0, 0.05) is 22.0 Å². The number of nitrogens with one attached hydrogen (secondary N) is 1. The van der Waals surface area contributed by atoms with Crippen LogP contribution in [0.4, 0.5) is 4.39 Å². The molecule has 0 atom stereocenters. The molecule has 0 fully saturated rings. The molecule has 19 heavy (non-hydrogen) atoms. The van der Waals surface area contributed by atoms with Gasteiger partial charge in [-0.15, -0.1) is 0 Å². The van der Waals surface area contributed by atoms with E-state index in [4.69, 9.17) is 4.74 Å². The predicted molar refractivity (Wildman–Crippen MR) is 81.1 cm³/mol. The molecule has 0 spiro atoms. The van der Waals surface area contributed by atoms with Crippen molar-refractivity contribution < 1.29 is 9.13 Å². The highest BCUT2D eigenvalue weighted by atomic mass is 79.9. The van der Waals surface area contributed by atoms with Crippen LogP contribution < -0.4 is 10.1 Å². The van der Waals surface area contributed by atoms with Crippen LogP contribution in [0, 0.1) is 11.2 Å². The Kier molecular flexibility index (Phi) is 5.39. The van der Waals surface area contributed by atoms with Gasteiger partial charge >= 0.3 is 0 Å². The van der Waals surface area contributed by atoms with Crippen molar-refractivity contribution in [2.75, 3.05) is 13.2 Å². The molecule has 0 saturated heterocycles. The van der Waals surface area contributed by atoms with Gasteiger partial charge in [0.2, 0.25) is 0 Å². The fraction of sp³-hybridized carbons (Fsp3) is 0.600. The molecule has 0 aliphatic rings. The Balaban J connectivity index is 2.55. The minimum Gasteiger partial charge on any atom is -0.490 e. The first-order valence-corrected chi connectivity index (χ1v) is 7.21. The van der Waals surface area contributed by atoms with Gasteiger partial charge in [0.25, 0.3) is 0 Å². The number of benzene rings is 1. The first-order valence-electron chi connectivity index (χ1n) is 6.42. The maximum absolute atomic E-state index is 13.6. The number of rotatable bonds is 5. The summed E-state index contributed by atoms with van der Waals surface area (Å²) in [5.74, 6) is -0.0408. The summed E-state index contributed by atoms with van der Waals surface area (Å²) in [5, 5.41) is 3.44. The van der Waals surface area contributed by atoms with E-state index in [2.05, 4.69) is 55.9 Å². The number of ether oxygens (including phenoxy) is 1. The molecule has 1 aromatic rings. The average molecular weight is 332 g/mol. The van der Waals surface area contributed by atoms with E-state index in [9.17, 15) is 4.39 Å². The number of halogens is 2. The Morgan fingerprint density at radius 3 is 2.37 bits per heavy atom. The van der Waals surface area contributed by atoms with Crippen LogP contribution in [0.5, 0.6) is 5.75 Å². The summed E-state index contributed by atoms with van der Waals surface area (Å²) < 4.78 is 19.9. The van der Waals surface area contributed by atoms with Gasteiger partial charge in [-0.1, -0.05) is 29.8 Å². The van der Waals surface area contributed by atoms with Gasteiger partial charge in [0.15, 0.2) is 11.6 Å². The topological polar surface area (TPSA) is 21.3 Å². The van der Waals surface area contributed by atoms with Gasteiger partial charge in [0.1, 0.15) is 0 Å². The summed E-state index contributed by atoms with van der Waals surface area (Å²) in [6.07, 6.45) is 0. The van der Waals surface area contributed by atoms with Gasteiger partial charge in [-0.2, -0.15) is 0 Å². The summed E-state index contributed by atoms with van der Waals surface area (Å²) in [6, 6.07) is 4.83. The number of hydrogen-bond donors (Lipinski definition) is 1. The van der Waals surface area contributed by atoms with Crippen LogP contribution in [0.2, 0.25) is 0 Å². The third kappa shape index (κ3) is 6.39. The van der Waals surface area contributed by atoms with Crippen LogP contribution in [-0.4, -0.2) is 18.7 Å². The molecule has 0 radical (unpaired) electrons. The third-order valence-corrected chi connectivity index (χ3v) is 3.10. The van der Waals surface area contributed by atoms with Crippen molar-refractivity contribution in [2.24, 2.45) is 5.41 Å². The molecule has 0 amide bonds. The quantitative estimate of drug-likeness (QED) is 0.864. The summed E-state index contributed by atoms with van der Waals surface area (Å²) in [4.78, 5) is 0. The second-order valence-corrected chi connectivity index (χ2v) is 7.55. The highest BCUT2D eigenvalue weighted by Crippen LogP contribution is 2.24. The molecule has 1 rings (SSSR count). The van der Waals surface area contributed by atoms with E-state index in [1.54, 1.807) is 12.1 Å². The minimum absolute atomic E-state index is 0.0627. The zero-order chi connectivity index (χ0) is 14.7. The summed E-state index contributed by atoms with van der Waals surface area (Å²) in [6.45, 7) is 11.9. The molecule has 4 heteroatoms. The van der Waals surface area contributed by atoms with Gasteiger partial charge in [-0.25, -0.2) is 4.39 Å². The molecular formula is C15H23BrFNO. The smallest absolute Gasteiger partial charge is 0.166 e. The Hall–Kier alpha value is -0.610. The van der Waals surface area contributed by atoms with E-state index in [0.29, 0.717) is 16.8 Å². The van der Waals surface area contributed by atoms with Gasteiger partial charge in [-0.3, -0.25) is 0 Å². The fourth-order valence-electron chi connectivity index (χ4n) is 1.42. The Labute approximate surface area is 123 Å². The van der Waals surface area contributed by atoms with Crippen molar-refractivity contribution in [2.45, 2.75) is 40.2 Å². The molecule has 0 aliphatic heterocycles. The summed E-state index contributed by atoms with van der Waals surface area (Å²) >= 11 is 3.23. The van der Waals surface area contributed by atoms with E-state index in [1.165, 1.54) is 6.07 Å². The minimum atomic E-state index is -0.339. The van der Waals surface area contributed by atoms with Gasteiger partial charge in [-0.05, 0) is 39.0 Å². The first kappa shape index (κ1) is 16.4. The maximum atomic E-state index is 13.6. The lowest BCUT2D eigenvalue weighted by atomic mass is 9.93. The normalized spacial score (nSPS) is 12.6. The van der Waals surface area contributed by atoms with E-state index >= 15 is 0 Å². The zero-order valence-electron chi connectivity index (χ0n) is 12.3. The van der Waals surface area contributed by atoms with Gasteiger partial charge in [0.05, 0.1) is 6.61 Å². The van der Waals surface area contributed by atoms with Crippen molar-refractivity contribution in [1.29, 1.82) is 0 Å². The van der Waals surface area contributed by atoms with Gasteiger partial charge < -0.3 is 10.1 Å². The highest BCUT2D eigenvalue weighted by Gasteiger charge is 2.22. The predicted octanol–water partition coefficient (Wildman–Crippen LogP) is 4.38. The van der Waals surface area contributed by atoms with E-state index in [-0.39, 0.29) is 16.8 Å². The van der Waals surface area contributed by atoms with Crippen molar-refractivity contribution in [3.63, 3.8) is 0 Å². The Morgan fingerprint density at radius 2 is 1.84 bits per heavy atom. The fourth-order valence-corrected chi connectivity index (χ4v) is 1.75. The van der Waals surface area contributed by atoms with Crippen LogP contribution in [0.25, 0.3) is 0 Å². The van der Waals surface area contributed by atoms with E-state index < -0.39 is 0 Å². The molecule has 0 bridgehead atoms. The molecular weight excluding hydrogens is 309 g/mol. The highest BCUT2D eigenvalue weighted by molar-refractivity contribution is 9.10. The van der Waals surface area contributed by atoms with Crippen LogP contribution in [0.3, 0.4) is 0 Å². The Bertz CT molecular complexity index is 427. The summed E-state index contributed by atoms with van der Waals surface area (Å²) in [7, 11) is 0. The molecule has 0 aliphatic carbocycles. The number of hydrogen-bond acceptors (Lipinski definition) is 2. The van der Waals surface area contributed by atoms with Crippen LogP contribution >= 0.6 is 15.9 Å². The molecule has 0 saturated carbocycles. The molecule has 0 heterocycles. The van der Waals surface area contributed by atoms with E-state index in [0.717, 1.165) is 6.54 Å². The van der Waals surface area contributed by atoms with Crippen molar-refractivity contribution in [3.05, 3.63) is 28.5 Å². The molecule has 1 aromatic carbocycles.